The third-order valence-electron chi connectivity index (χ3n) is 4.12. The van der Waals surface area contributed by atoms with Crippen LogP contribution in [0.2, 0.25) is 0 Å². The molecule has 0 aliphatic heterocycles. The second-order valence-electron chi connectivity index (χ2n) is 5.87. The Morgan fingerprint density at radius 2 is 1.96 bits per heavy atom. The van der Waals surface area contributed by atoms with Gasteiger partial charge >= 0.3 is 0 Å². The topological polar surface area (TPSA) is 91.5 Å². The molecule has 0 radical (unpaired) electrons. The molecule has 0 unspecified atom stereocenters. The molecule has 0 aromatic carbocycles. The Balaban J connectivity index is 0.00000288. The summed E-state index contributed by atoms with van der Waals surface area (Å²) >= 11 is 0. The summed E-state index contributed by atoms with van der Waals surface area (Å²) in [5, 5.41) is 9.35. The number of nitrogens with zero attached hydrogens (tertiary/aromatic N) is 2. The van der Waals surface area contributed by atoms with Gasteiger partial charge in [-0.25, -0.2) is 4.98 Å². The highest BCUT2D eigenvalue weighted by Crippen LogP contribution is 2.25. The van der Waals surface area contributed by atoms with Gasteiger partial charge in [-0.1, -0.05) is 6.42 Å². The molecule has 1 aromatic rings. The summed E-state index contributed by atoms with van der Waals surface area (Å²) in [5.41, 5.74) is 0.909. The maximum absolute atomic E-state index is 11.7. The highest BCUT2D eigenvalue weighted by molar-refractivity contribution is 14.0. The van der Waals surface area contributed by atoms with E-state index in [0.717, 1.165) is 37.3 Å². The van der Waals surface area contributed by atoms with Crippen molar-refractivity contribution in [3.05, 3.63) is 17.3 Å². The molecule has 0 bridgehead atoms. The minimum Gasteiger partial charge on any atom is -0.444 e. The Labute approximate surface area is 160 Å². The van der Waals surface area contributed by atoms with Crippen LogP contribution in [-0.2, 0) is 11.3 Å². The highest BCUT2D eigenvalue weighted by atomic mass is 127. The van der Waals surface area contributed by atoms with Gasteiger partial charge in [-0.05, 0) is 33.1 Å². The van der Waals surface area contributed by atoms with E-state index in [1.165, 1.54) is 6.42 Å². The van der Waals surface area contributed by atoms with Gasteiger partial charge in [0, 0.05) is 26.1 Å². The van der Waals surface area contributed by atoms with Crippen molar-refractivity contribution in [1.82, 2.24) is 20.9 Å². The molecule has 1 saturated carbocycles. The zero-order chi connectivity index (χ0) is 16.7. The summed E-state index contributed by atoms with van der Waals surface area (Å²) in [6.45, 7) is 5.75. The minimum absolute atomic E-state index is 0. The lowest BCUT2D eigenvalue weighted by Crippen LogP contribution is -2.39. The largest absolute Gasteiger partial charge is 0.444 e. The quantitative estimate of drug-likeness (QED) is 0.256. The number of hydrogen-bond donors (Lipinski definition) is 3. The number of halogens is 1. The fourth-order valence-electron chi connectivity index (χ4n) is 2.32. The molecular formula is C16H28IN5O2. The lowest BCUT2D eigenvalue weighted by molar-refractivity contribution is -0.127. The van der Waals surface area contributed by atoms with Crippen LogP contribution in [0.1, 0.15) is 43.0 Å². The van der Waals surface area contributed by atoms with E-state index >= 15 is 0 Å². The Morgan fingerprint density at radius 1 is 1.25 bits per heavy atom. The van der Waals surface area contributed by atoms with E-state index in [0.29, 0.717) is 24.9 Å². The molecule has 1 aromatic heterocycles. The lowest BCUT2D eigenvalue weighted by atomic mass is 9.85. The van der Waals surface area contributed by atoms with E-state index in [-0.39, 0.29) is 35.8 Å². The van der Waals surface area contributed by atoms with Gasteiger partial charge in [0.05, 0.1) is 12.2 Å². The smallest absolute Gasteiger partial charge is 0.223 e. The van der Waals surface area contributed by atoms with Crippen LogP contribution < -0.4 is 16.0 Å². The van der Waals surface area contributed by atoms with Gasteiger partial charge in [-0.2, -0.15) is 0 Å². The molecule has 0 atom stereocenters. The van der Waals surface area contributed by atoms with Gasteiger partial charge in [-0.15, -0.1) is 24.0 Å². The maximum Gasteiger partial charge on any atom is 0.223 e. The fourth-order valence-corrected chi connectivity index (χ4v) is 2.32. The fraction of sp³-hybridized carbons (Fsp3) is 0.688. The van der Waals surface area contributed by atoms with E-state index in [1.54, 1.807) is 7.05 Å². The van der Waals surface area contributed by atoms with E-state index < -0.39 is 0 Å². The standard InChI is InChI=1S/C16H27N5O2.HI/c1-11-12(2)23-14(21-11)10-20-16(17-3)19-9-5-8-18-15(22)13-6-4-7-13;/h13H,4-10H2,1-3H3,(H,18,22)(H2,17,19,20);1H. The summed E-state index contributed by atoms with van der Waals surface area (Å²) in [6.07, 6.45) is 4.13. The van der Waals surface area contributed by atoms with Crippen LogP contribution in [0.25, 0.3) is 0 Å². The number of aromatic nitrogens is 1. The molecule has 1 aliphatic carbocycles. The van der Waals surface area contributed by atoms with Crippen LogP contribution in [0, 0.1) is 19.8 Å². The predicted molar refractivity (Wildman–Crippen MR) is 105 cm³/mol. The number of carbonyl (C=O) groups excluding carboxylic acids is 1. The first-order valence-corrected chi connectivity index (χ1v) is 8.25. The van der Waals surface area contributed by atoms with E-state index in [1.807, 2.05) is 13.8 Å². The second kappa shape index (κ2) is 10.5. The van der Waals surface area contributed by atoms with Gasteiger partial charge < -0.3 is 20.4 Å². The average molecular weight is 449 g/mol. The minimum atomic E-state index is 0. The molecule has 1 fully saturated rings. The molecule has 24 heavy (non-hydrogen) atoms. The molecule has 0 spiro atoms. The SMILES string of the molecule is CN=C(NCCCNC(=O)C1CCC1)NCc1nc(C)c(C)o1.I. The summed E-state index contributed by atoms with van der Waals surface area (Å²) < 4.78 is 5.51. The van der Waals surface area contributed by atoms with Crippen LogP contribution in [0.5, 0.6) is 0 Å². The van der Waals surface area contributed by atoms with Crippen LogP contribution >= 0.6 is 24.0 Å². The normalized spacial score (nSPS) is 14.5. The van der Waals surface area contributed by atoms with Crippen molar-refractivity contribution < 1.29 is 9.21 Å². The van der Waals surface area contributed by atoms with Crippen LogP contribution in [0.15, 0.2) is 9.41 Å². The van der Waals surface area contributed by atoms with E-state index in [4.69, 9.17) is 4.42 Å². The molecular weight excluding hydrogens is 421 g/mol. The molecule has 0 saturated heterocycles. The zero-order valence-electron chi connectivity index (χ0n) is 14.6. The number of aliphatic imine (C=N–C) groups is 1. The van der Waals surface area contributed by atoms with Crippen molar-refractivity contribution in [2.45, 2.75) is 46.1 Å². The number of hydrogen-bond acceptors (Lipinski definition) is 4. The monoisotopic (exact) mass is 449 g/mol. The molecule has 1 amide bonds. The Hall–Kier alpha value is -1.32. The lowest BCUT2D eigenvalue weighted by Gasteiger charge is -2.24. The second-order valence-corrected chi connectivity index (χ2v) is 5.87. The van der Waals surface area contributed by atoms with Crippen LogP contribution in [0.4, 0.5) is 0 Å². The van der Waals surface area contributed by atoms with Crippen LogP contribution in [0.3, 0.4) is 0 Å². The van der Waals surface area contributed by atoms with Gasteiger partial charge in [0.1, 0.15) is 5.76 Å². The number of nitrogens with one attached hydrogen (secondary N) is 3. The van der Waals surface area contributed by atoms with Crippen molar-refractivity contribution in [3.8, 4) is 0 Å². The first-order chi connectivity index (χ1) is 11.1. The summed E-state index contributed by atoms with van der Waals surface area (Å²) in [4.78, 5) is 20.2. The van der Waals surface area contributed by atoms with E-state index in [2.05, 4.69) is 25.9 Å². The number of rotatable bonds is 7. The Morgan fingerprint density at radius 3 is 2.50 bits per heavy atom. The number of aryl methyl sites for hydroxylation is 2. The molecule has 1 aliphatic rings. The first-order valence-electron chi connectivity index (χ1n) is 8.25. The predicted octanol–water partition coefficient (Wildman–Crippen LogP) is 1.88. The van der Waals surface area contributed by atoms with Gasteiger partial charge in [0.25, 0.3) is 0 Å². The third kappa shape index (κ3) is 6.29. The van der Waals surface area contributed by atoms with Crippen molar-refractivity contribution >= 4 is 35.8 Å². The molecule has 136 valence electrons. The Bertz CT molecular complexity index is 535. The average Bonchev–Trinajstić information content (AvgIpc) is 2.78. The summed E-state index contributed by atoms with van der Waals surface area (Å²) in [5.74, 6) is 2.64. The molecule has 3 N–H and O–H groups in total. The Kier molecular flexibility index (Phi) is 9.09. The number of oxazole rings is 1. The maximum atomic E-state index is 11.7. The molecule has 2 rings (SSSR count). The van der Waals surface area contributed by atoms with Gasteiger partial charge in [-0.3, -0.25) is 9.79 Å². The summed E-state index contributed by atoms with van der Waals surface area (Å²) in [6, 6.07) is 0. The number of amides is 1. The molecule has 7 nitrogen and oxygen atoms in total. The van der Waals surface area contributed by atoms with Gasteiger partial charge in [0.15, 0.2) is 5.96 Å². The highest BCUT2D eigenvalue weighted by Gasteiger charge is 2.24. The third-order valence-corrected chi connectivity index (χ3v) is 4.12. The zero-order valence-corrected chi connectivity index (χ0v) is 17.0. The van der Waals surface area contributed by atoms with E-state index in [9.17, 15) is 4.79 Å². The first kappa shape index (κ1) is 20.7. The summed E-state index contributed by atoms with van der Waals surface area (Å²) in [7, 11) is 1.72. The molecule has 8 heteroatoms. The van der Waals surface area contributed by atoms with Crippen molar-refractivity contribution in [1.29, 1.82) is 0 Å². The number of guanidine groups is 1. The van der Waals surface area contributed by atoms with Crippen LogP contribution in [-0.4, -0.2) is 37.0 Å². The van der Waals surface area contributed by atoms with Crippen molar-refractivity contribution in [3.63, 3.8) is 0 Å². The molecule has 1 heterocycles. The van der Waals surface area contributed by atoms with Crippen molar-refractivity contribution in [2.24, 2.45) is 10.9 Å². The number of carbonyl (C=O) groups is 1. The van der Waals surface area contributed by atoms with Gasteiger partial charge in [0.2, 0.25) is 11.8 Å². The van der Waals surface area contributed by atoms with Crippen molar-refractivity contribution in [2.75, 3.05) is 20.1 Å².